The first kappa shape index (κ1) is 12.9. The van der Waals surface area contributed by atoms with E-state index in [1.807, 2.05) is 0 Å². The van der Waals surface area contributed by atoms with Gasteiger partial charge in [0.1, 0.15) is 17.2 Å². The molecule has 0 bridgehead atoms. The van der Waals surface area contributed by atoms with E-state index in [2.05, 4.69) is 0 Å². The van der Waals surface area contributed by atoms with Crippen molar-refractivity contribution in [3.05, 3.63) is 35.3 Å². The maximum Gasteiger partial charge on any atom is 0.410 e. The molecule has 2 nitrogen and oxygen atoms in total. The minimum atomic E-state index is -4.59. The largest absolute Gasteiger partial charge is 0.459 e. The highest BCUT2D eigenvalue weighted by molar-refractivity contribution is 5.82. The number of rotatable bonds is 2. The summed E-state index contributed by atoms with van der Waals surface area (Å²) in [7, 11) is 0. The van der Waals surface area contributed by atoms with E-state index in [1.54, 1.807) is 6.92 Å². The van der Waals surface area contributed by atoms with E-state index in [0.717, 1.165) is 12.1 Å². The molecule has 1 aromatic carbocycles. The molecule has 1 heterocycles. The first-order chi connectivity index (χ1) is 8.34. The quantitative estimate of drug-likeness (QED) is 0.837. The van der Waals surface area contributed by atoms with Crippen LogP contribution in [0, 0.1) is 5.82 Å². The second-order valence-electron chi connectivity index (χ2n) is 3.96. The van der Waals surface area contributed by atoms with E-state index in [4.69, 9.17) is 10.2 Å². The molecule has 1 aromatic heterocycles. The van der Waals surface area contributed by atoms with Gasteiger partial charge in [-0.05, 0) is 24.6 Å². The Kier molecular flexibility index (Phi) is 3.06. The molecule has 0 aliphatic carbocycles. The van der Waals surface area contributed by atoms with Crippen molar-refractivity contribution in [2.75, 3.05) is 0 Å². The Bertz CT molecular complexity index is 573. The van der Waals surface area contributed by atoms with E-state index < -0.39 is 18.0 Å². The molecule has 1 atom stereocenters. The Morgan fingerprint density at radius 1 is 1.33 bits per heavy atom. The van der Waals surface area contributed by atoms with Crippen LogP contribution in [0.1, 0.15) is 24.3 Å². The summed E-state index contributed by atoms with van der Waals surface area (Å²) >= 11 is 0. The lowest BCUT2D eigenvalue weighted by Crippen LogP contribution is -2.28. The number of benzene rings is 1. The zero-order valence-corrected chi connectivity index (χ0v) is 9.51. The highest BCUT2D eigenvalue weighted by atomic mass is 19.4. The van der Waals surface area contributed by atoms with E-state index in [-0.39, 0.29) is 17.8 Å². The molecule has 2 N–H and O–H groups in total. The number of furan rings is 1. The minimum absolute atomic E-state index is 0.211. The molecule has 0 radical (unpaired) electrons. The van der Waals surface area contributed by atoms with Crippen LogP contribution in [0.2, 0.25) is 0 Å². The van der Waals surface area contributed by atoms with E-state index in [9.17, 15) is 17.6 Å². The summed E-state index contributed by atoms with van der Waals surface area (Å²) < 4.78 is 56.0. The van der Waals surface area contributed by atoms with Crippen molar-refractivity contribution in [2.45, 2.75) is 25.6 Å². The molecule has 0 aliphatic rings. The lowest BCUT2D eigenvalue weighted by molar-refractivity contribution is -0.152. The second kappa shape index (κ2) is 4.28. The van der Waals surface area contributed by atoms with Gasteiger partial charge in [-0.15, -0.1) is 0 Å². The molecule has 0 aliphatic heterocycles. The molecule has 2 aromatic rings. The molecule has 0 amide bonds. The summed E-state index contributed by atoms with van der Waals surface area (Å²) in [5.41, 5.74) is 5.65. The first-order valence-corrected chi connectivity index (χ1v) is 5.37. The van der Waals surface area contributed by atoms with Crippen molar-refractivity contribution in [3.63, 3.8) is 0 Å². The number of hydrogen-bond acceptors (Lipinski definition) is 2. The number of halogens is 4. The van der Waals surface area contributed by atoms with Crippen molar-refractivity contribution >= 4 is 11.0 Å². The molecule has 0 fully saturated rings. The number of nitrogens with two attached hydrogens (primary N) is 1. The fourth-order valence-corrected chi connectivity index (χ4v) is 1.90. The molecular weight excluding hydrogens is 250 g/mol. The highest BCUT2D eigenvalue weighted by Crippen LogP contribution is 2.37. The zero-order valence-electron chi connectivity index (χ0n) is 9.51. The van der Waals surface area contributed by atoms with E-state index >= 15 is 0 Å². The molecule has 0 saturated heterocycles. The van der Waals surface area contributed by atoms with Gasteiger partial charge >= 0.3 is 6.18 Å². The Hall–Kier alpha value is -1.56. The van der Waals surface area contributed by atoms with Gasteiger partial charge in [-0.25, -0.2) is 4.39 Å². The van der Waals surface area contributed by atoms with Crippen molar-refractivity contribution in [1.29, 1.82) is 0 Å². The molecule has 2 rings (SSSR count). The van der Waals surface area contributed by atoms with Gasteiger partial charge in [0.15, 0.2) is 6.04 Å². The number of aryl methyl sites for hydroxylation is 1. The van der Waals surface area contributed by atoms with Crippen molar-refractivity contribution in [1.82, 2.24) is 0 Å². The number of hydrogen-bond donors (Lipinski definition) is 1. The predicted molar refractivity (Wildman–Crippen MR) is 58.5 cm³/mol. The van der Waals surface area contributed by atoms with Gasteiger partial charge in [0.05, 0.1) is 0 Å². The lowest BCUT2D eigenvalue weighted by Gasteiger charge is -2.14. The SMILES string of the molecule is CCc1c(C(N)C(F)(F)F)oc2ccc(F)cc12. The third kappa shape index (κ3) is 2.08. The third-order valence-corrected chi connectivity index (χ3v) is 2.77. The Balaban J connectivity index is 2.65. The van der Waals surface area contributed by atoms with Gasteiger partial charge in [-0.1, -0.05) is 6.92 Å². The molecule has 6 heteroatoms. The normalized spacial score (nSPS) is 14.1. The zero-order chi connectivity index (χ0) is 13.5. The summed E-state index contributed by atoms with van der Waals surface area (Å²) in [5, 5.41) is 0.340. The van der Waals surface area contributed by atoms with Crippen molar-refractivity contribution in [2.24, 2.45) is 5.73 Å². The summed E-state index contributed by atoms with van der Waals surface area (Å²) in [6.45, 7) is 1.67. The van der Waals surface area contributed by atoms with Crippen LogP contribution < -0.4 is 5.73 Å². The van der Waals surface area contributed by atoms with Gasteiger partial charge < -0.3 is 10.2 Å². The van der Waals surface area contributed by atoms with Crippen LogP contribution in [0.15, 0.2) is 22.6 Å². The van der Waals surface area contributed by atoms with Gasteiger partial charge in [0, 0.05) is 10.9 Å². The number of alkyl halides is 3. The lowest BCUT2D eigenvalue weighted by atomic mass is 10.0. The van der Waals surface area contributed by atoms with Crippen LogP contribution in [-0.4, -0.2) is 6.18 Å². The summed E-state index contributed by atoms with van der Waals surface area (Å²) in [6.07, 6.45) is -4.30. The molecular formula is C12H11F4NO. The fourth-order valence-electron chi connectivity index (χ4n) is 1.90. The average Bonchev–Trinajstić information content (AvgIpc) is 2.64. The van der Waals surface area contributed by atoms with Crippen LogP contribution in [0.5, 0.6) is 0 Å². The molecule has 18 heavy (non-hydrogen) atoms. The highest BCUT2D eigenvalue weighted by Gasteiger charge is 2.41. The third-order valence-electron chi connectivity index (χ3n) is 2.77. The van der Waals surface area contributed by atoms with E-state index in [1.165, 1.54) is 6.07 Å². The summed E-state index contributed by atoms with van der Waals surface area (Å²) in [5.74, 6) is -0.865. The topological polar surface area (TPSA) is 39.2 Å². The smallest absolute Gasteiger partial charge is 0.410 e. The summed E-state index contributed by atoms with van der Waals surface area (Å²) in [4.78, 5) is 0. The summed E-state index contributed by atoms with van der Waals surface area (Å²) in [6, 6.07) is 1.40. The van der Waals surface area contributed by atoms with Crippen LogP contribution in [0.25, 0.3) is 11.0 Å². The van der Waals surface area contributed by atoms with Gasteiger partial charge in [-0.2, -0.15) is 13.2 Å². The molecule has 98 valence electrons. The Morgan fingerprint density at radius 3 is 2.56 bits per heavy atom. The van der Waals surface area contributed by atoms with Gasteiger partial charge in [0.2, 0.25) is 0 Å². The van der Waals surface area contributed by atoms with Crippen LogP contribution in [0.4, 0.5) is 17.6 Å². The standard InChI is InChI=1S/C12H11F4NO/c1-2-7-8-5-6(13)3-4-9(8)18-10(7)11(17)12(14,15)16/h3-5,11H,2,17H2,1H3. The maximum atomic E-state index is 13.1. The van der Waals surface area contributed by atoms with Gasteiger partial charge in [0.25, 0.3) is 0 Å². The molecule has 0 spiro atoms. The van der Waals surface area contributed by atoms with Crippen LogP contribution >= 0.6 is 0 Å². The molecule has 0 saturated carbocycles. The van der Waals surface area contributed by atoms with Crippen molar-refractivity contribution in [3.8, 4) is 0 Å². The molecule has 1 unspecified atom stereocenters. The van der Waals surface area contributed by atoms with Crippen molar-refractivity contribution < 1.29 is 22.0 Å². The van der Waals surface area contributed by atoms with Crippen LogP contribution in [0.3, 0.4) is 0 Å². The van der Waals surface area contributed by atoms with Gasteiger partial charge in [-0.3, -0.25) is 0 Å². The maximum absolute atomic E-state index is 13.1. The fraction of sp³-hybridized carbons (Fsp3) is 0.333. The minimum Gasteiger partial charge on any atom is -0.459 e. The monoisotopic (exact) mass is 261 g/mol. The number of fused-ring (bicyclic) bond motifs is 1. The van der Waals surface area contributed by atoms with E-state index in [0.29, 0.717) is 10.9 Å². The average molecular weight is 261 g/mol. The Labute approximate surface area is 100 Å². The predicted octanol–water partition coefficient (Wildman–Crippen LogP) is 3.70. The Morgan fingerprint density at radius 2 is 2.00 bits per heavy atom. The first-order valence-electron chi connectivity index (χ1n) is 5.37. The van der Waals surface area contributed by atoms with Crippen LogP contribution in [-0.2, 0) is 6.42 Å². The second-order valence-corrected chi connectivity index (χ2v) is 3.96.